The van der Waals surface area contributed by atoms with Gasteiger partial charge in [0.2, 0.25) is 0 Å². The van der Waals surface area contributed by atoms with Crippen LogP contribution in [0.25, 0.3) is 0 Å². The number of carbonyl (C=O) groups excluding carboxylic acids is 1. The van der Waals surface area contributed by atoms with E-state index in [1.807, 2.05) is 32.0 Å². The van der Waals surface area contributed by atoms with E-state index >= 15 is 0 Å². The SMILES string of the molecule is CCc1cccc(C)c1C(=O)C(C)Cl. The third-order valence-corrected chi connectivity index (χ3v) is 2.55. The molecule has 0 radical (unpaired) electrons. The Hall–Kier alpha value is -0.820. The molecule has 2 heteroatoms. The van der Waals surface area contributed by atoms with Gasteiger partial charge < -0.3 is 0 Å². The lowest BCUT2D eigenvalue weighted by Gasteiger charge is -2.11. The van der Waals surface area contributed by atoms with Crippen molar-refractivity contribution in [3.8, 4) is 0 Å². The van der Waals surface area contributed by atoms with Gasteiger partial charge in [0, 0.05) is 5.56 Å². The van der Waals surface area contributed by atoms with Crippen molar-refractivity contribution in [2.75, 3.05) is 0 Å². The number of alkyl halides is 1. The number of hydrogen-bond donors (Lipinski definition) is 0. The molecule has 1 unspecified atom stereocenters. The maximum absolute atomic E-state index is 11.8. The summed E-state index contributed by atoms with van der Waals surface area (Å²) in [5, 5.41) is -0.443. The first-order chi connectivity index (χ1) is 6.57. The second-order valence-electron chi connectivity index (χ2n) is 3.44. The molecule has 1 atom stereocenters. The third kappa shape index (κ3) is 2.16. The van der Waals surface area contributed by atoms with Gasteiger partial charge in [-0.25, -0.2) is 0 Å². The molecule has 0 saturated heterocycles. The lowest BCUT2D eigenvalue weighted by Crippen LogP contribution is -2.14. The topological polar surface area (TPSA) is 17.1 Å². The van der Waals surface area contributed by atoms with Gasteiger partial charge in [-0.1, -0.05) is 25.1 Å². The van der Waals surface area contributed by atoms with Gasteiger partial charge in [0.15, 0.2) is 5.78 Å². The van der Waals surface area contributed by atoms with Crippen LogP contribution in [-0.4, -0.2) is 11.2 Å². The van der Waals surface area contributed by atoms with Gasteiger partial charge in [-0.15, -0.1) is 11.6 Å². The number of aryl methyl sites for hydroxylation is 2. The molecule has 14 heavy (non-hydrogen) atoms. The second-order valence-corrected chi connectivity index (χ2v) is 4.10. The molecule has 1 aromatic carbocycles. The number of Topliss-reactive ketones (excluding diaryl/α,β-unsaturated/α-hetero) is 1. The molecule has 0 spiro atoms. The van der Waals surface area contributed by atoms with Crippen molar-refractivity contribution in [1.29, 1.82) is 0 Å². The van der Waals surface area contributed by atoms with Crippen molar-refractivity contribution < 1.29 is 4.79 Å². The molecule has 0 N–H and O–H groups in total. The first-order valence-corrected chi connectivity index (χ1v) is 5.28. The van der Waals surface area contributed by atoms with E-state index < -0.39 is 5.38 Å². The van der Waals surface area contributed by atoms with Crippen LogP contribution in [0.2, 0.25) is 0 Å². The van der Waals surface area contributed by atoms with E-state index in [0.717, 1.165) is 23.1 Å². The van der Waals surface area contributed by atoms with E-state index in [-0.39, 0.29) is 5.78 Å². The summed E-state index contributed by atoms with van der Waals surface area (Å²) in [4.78, 5) is 11.8. The fourth-order valence-corrected chi connectivity index (χ4v) is 1.68. The second kappa shape index (κ2) is 4.61. The number of carbonyl (C=O) groups is 1. The standard InChI is InChI=1S/C12H15ClO/c1-4-10-7-5-6-8(2)11(10)12(14)9(3)13/h5-7,9H,4H2,1-3H3. The lowest BCUT2D eigenvalue weighted by molar-refractivity contribution is 0.0990. The molecule has 0 aliphatic rings. The first kappa shape index (κ1) is 11.3. The van der Waals surface area contributed by atoms with E-state index in [4.69, 9.17) is 11.6 Å². The quantitative estimate of drug-likeness (QED) is 0.552. The zero-order valence-corrected chi connectivity index (χ0v) is 9.56. The predicted molar refractivity (Wildman–Crippen MR) is 60.2 cm³/mol. The lowest BCUT2D eigenvalue weighted by atomic mass is 9.95. The van der Waals surface area contributed by atoms with Crippen molar-refractivity contribution in [2.24, 2.45) is 0 Å². The Bertz CT molecular complexity index is 342. The maximum Gasteiger partial charge on any atom is 0.180 e. The Labute approximate surface area is 90.1 Å². The highest BCUT2D eigenvalue weighted by molar-refractivity contribution is 6.33. The minimum absolute atomic E-state index is 0.0293. The monoisotopic (exact) mass is 210 g/mol. The van der Waals surface area contributed by atoms with Gasteiger partial charge >= 0.3 is 0 Å². The molecule has 0 aliphatic carbocycles. The van der Waals surface area contributed by atoms with Crippen molar-refractivity contribution >= 4 is 17.4 Å². The number of rotatable bonds is 3. The average Bonchev–Trinajstić information content (AvgIpc) is 2.16. The Balaban J connectivity index is 3.23. The number of ketones is 1. The zero-order chi connectivity index (χ0) is 10.7. The van der Waals surface area contributed by atoms with E-state index in [0.29, 0.717) is 0 Å². The van der Waals surface area contributed by atoms with Crippen molar-refractivity contribution in [1.82, 2.24) is 0 Å². The highest BCUT2D eigenvalue weighted by Gasteiger charge is 2.17. The summed E-state index contributed by atoms with van der Waals surface area (Å²) in [5.74, 6) is 0.0293. The summed E-state index contributed by atoms with van der Waals surface area (Å²) < 4.78 is 0. The summed E-state index contributed by atoms with van der Waals surface area (Å²) >= 11 is 5.81. The van der Waals surface area contributed by atoms with Crippen LogP contribution in [0.5, 0.6) is 0 Å². The summed E-state index contributed by atoms with van der Waals surface area (Å²) in [5.41, 5.74) is 2.90. The highest BCUT2D eigenvalue weighted by atomic mass is 35.5. The molecule has 0 saturated carbocycles. The molecule has 0 bridgehead atoms. The minimum Gasteiger partial charge on any atom is -0.293 e. The average molecular weight is 211 g/mol. The van der Waals surface area contributed by atoms with Gasteiger partial charge in [-0.05, 0) is 31.4 Å². The first-order valence-electron chi connectivity index (χ1n) is 4.84. The predicted octanol–water partition coefficient (Wildman–Crippen LogP) is 3.37. The van der Waals surface area contributed by atoms with Crippen molar-refractivity contribution in [3.63, 3.8) is 0 Å². The summed E-state index contributed by atoms with van der Waals surface area (Å²) in [7, 11) is 0. The molecule has 1 rings (SSSR count). The summed E-state index contributed by atoms with van der Waals surface area (Å²) in [6.45, 7) is 5.71. The molecule has 0 aliphatic heterocycles. The Morgan fingerprint density at radius 1 is 1.50 bits per heavy atom. The molecule has 0 amide bonds. The van der Waals surface area contributed by atoms with Crippen LogP contribution in [0.4, 0.5) is 0 Å². The molecular weight excluding hydrogens is 196 g/mol. The van der Waals surface area contributed by atoms with Crippen LogP contribution in [0, 0.1) is 6.92 Å². The van der Waals surface area contributed by atoms with Crippen molar-refractivity contribution in [2.45, 2.75) is 32.6 Å². The highest BCUT2D eigenvalue weighted by Crippen LogP contribution is 2.18. The van der Waals surface area contributed by atoms with E-state index in [1.165, 1.54) is 0 Å². The zero-order valence-electron chi connectivity index (χ0n) is 8.80. The summed E-state index contributed by atoms with van der Waals surface area (Å²) in [6.07, 6.45) is 0.867. The molecule has 0 heterocycles. The molecule has 0 fully saturated rings. The van der Waals surface area contributed by atoms with Gasteiger partial charge in [-0.3, -0.25) is 4.79 Å². The largest absolute Gasteiger partial charge is 0.293 e. The van der Waals surface area contributed by atoms with E-state index in [9.17, 15) is 4.79 Å². The van der Waals surface area contributed by atoms with Crippen LogP contribution >= 0.6 is 11.6 Å². The van der Waals surface area contributed by atoms with Crippen LogP contribution in [-0.2, 0) is 6.42 Å². The van der Waals surface area contributed by atoms with Crippen LogP contribution in [0.3, 0.4) is 0 Å². The number of halogens is 1. The molecule has 76 valence electrons. The fraction of sp³-hybridized carbons (Fsp3) is 0.417. The normalized spacial score (nSPS) is 12.6. The molecule has 1 nitrogen and oxygen atoms in total. The molecular formula is C12H15ClO. The van der Waals surface area contributed by atoms with Crippen LogP contribution < -0.4 is 0 Å². The van der Waals surface area contributed by atoms with Gasteiger partial charge in [0.1, 0.15) is 0 Å². The Morgan fingerprint density at radius 2 is 2.14 bits per heavy atom. The Morgan fingerprint density at radius 3 is 2.64 bits per heavy atom. The molecule has 0 aromatic heterocycles. The fourth-order valence-electron chi connectivity index (χ4n) is 1.57. The smallest absolute Gasteiger partial charge is 0.180 e. The summed E-state index contributed by atoms with van der Waals surface area (Å²) in [6, 6.07) is 5.91. The van der Waals surface area contributed by atoms with Gasteiger partial charge in [-0.2, -0.15) is 0 Å². The number of benzene rings is 1. The van der Waals surface area contributed by atoms with Gasteiger partial charge in [0.05, 0.1) is 5.38 Å². The van der Waals surface area contributed by atoms with Crippen LogP contribution in [0.1, 0.15) is 35.3 Å². The van der Waals surface area contributed by atoms with Crippen molar-refractivity contribution in [3.05, 3.63) is 34.9 Å². The third-order valence-electron chi connectivity index (χ3n) is 2.35. The molecule has 1 aromatic rings. The minimum atomic E-state index is -0.443. The number of hydrogen-bond acceptors (Lipinski definition) is 1. The maximum atomic E-state index is 11.8. The Kier molecular flexibility index (Phi) is 3.70. The van der Waals surface area contributed by atoms with Crippen LogP contribution in [0.15, 0.2) is 18.2 Å². The van der Waals surface area contributed by atoms with E-state index in [2.05, 4.69) is 0 Å². The van der Waals surface area contributed by atoms with Gasteiger partial charge in [0.25, 0.3) is 0 Å². The van der Waals surface area contributed by atoms with E-state index in [1.54, 1.807) is 6.92 Å².